The van der Waals surface area contributed by atoms with E-state index in [4.69, 9.17) is 5.11 Å². The average molecular weight is 509 g/mol. The molecule has 2 N–H and O–H groups in total. The summed E-state index contributed by atoms with van der Waals surface area (Å²) in [6.07, 6.45) is -0.686. The molecule has 1 unspecified atom stereocenters. The Morgan fingerprint density at radius 1 is 0.946 bits per heavy atom. The summed E-state index contributed by atoms with van der Waals surface area (Å²) in [5.41, 5.74) is 3.38. The Labute approximate surface area is 212 Å². The normalized spacial score (nSPS) is 12.4. The number of nitrogens with one attached hydrogen (secondary N) is 1. The highest BCUT2D eigenvalue weighted by Gasteiger charge is 2.30. The number of benzene rings is 3. The number of hydrogen-bond donors (Lipinski definition) is 2. The lowest BCUT2D eigenvalue weighted by molar-refractivity contribution is -0.138. The van der Waals surface area contributed by atoms with Crippen LogP contribution in [0, 0.1) is 0 Å². The lowest BCUT2D eigenvalue weighted by Crippen LogP contribution is -2.26. The SMILES string of the molecule is CCCC(c1ccc(C(=O)NCCC(=O)O)cc1)n1ccc2cc(-c3ccc(C(F)(F)F)cc3)ccc21. The van der Waals surface area contributed by atoms with E-state index in [2.05, 4.69) is 16.8 Å². The van der Waals surface area contributed by atoms with Crippen LogP contribution in [0.4, 0.5) is 13.2 Å². The molecule has 5 nitrogen and oxygen atoms in total. The second kappa shape index (κ2) is 10.9. The Balaban J connectivity index is 1.57. The van der Waals surface area contributed by atoms with Gasteiger partial charge in [-0.3, -0.25) is 9.59 Å². The summed E-state index contributed by atoms with van der Waals surface area (Å²) in [4.78, 5) is 22.9. The third-order valence-electron chi connectivity index (χ3n) is 6.35. The van der Waals surface area contributed by atoms with Crippen molar-refractivity contribution in [1.29, 1.82) is 0 Å². The van der Waals surface area contributed by atoms with Crippen molar-refractivity contribution < 1.29 is 27.9 Å². The van der Waals surface area contributed by atoms with Crippen LogP contribution in [-0.4, -0.2) is 28.1 Å². The number of carbonyl (C=O) groups is 2. The molecule has 0 radical (unpaired) electrons. The molecular formula is C29H27F3N2O3. The minimum Gasteiger partial charge on any atom is -0.481 e. The smallest absolute Gasteiger partial charge is 0.416 e. The third-order valence-corrected chi connectivity index (χ3v) is 6.35. The van der Waals surface area contributed by atoms with Crippen molar-refractivity contribution in [2.24, 2.45) is 0 Å². The third kappa shape index (κ3) is 6.02. The van der Waals surface area contributed by atoms with Crippen LogP contribution >= 0.6 is 0 Å². The molecule has 0 aliphatic rings. The standard InChI is InChI=1S/C29H27F3N2O3/c1-2-3-25(20-4-6-21(7-5-20)28(37)33-16-14-27(35)36)34-17-15-23-18-22(10-13-26(23)34)19-8-11-24(12-9-19)29(30,31)32/h4-13,15,17-18,25H,2-3,14,16H2,1H3,(H,33,37)(H,35,36). The quantitative estimate of drug-likeness (QED) is 0.258. The fourth-order valence-corrected chi connectivity index (χ4v) is 4.45. The zero-order valence-corrected chi connectivity index (χ0v) is 20.3. The Hall–Kier alpha value is -4.07. The molecule has 0 saturated heterocycles. The first-order valence-corrected chi connectivity index (χ1v) is 12.1. The Morgan fingerprint density at radius 3 is 2.24 bits per heavy atom. The van der Waals surface area contributed by atoms with Gasteiger partial charge in [-0.15, -0.1) is 0 Å². The fraction of sp³-hybridized carbons (Fsp3) is 0.241. The molecule has 8 heteroatoms. The molecule has 1 atom stereocenters. The first-order valence-electron chi connectivity index (χ1n) is 12.1. The number of amides is 1. The van der Waals surface area contributed by atoms with E-state index in [0.717, 1.165) is 47.0 Å². The molecule has 0 spiro atoms. The van der Waals surface area contributed by atoms with Gasteiger partial charge >= 0.3 is 12.1 Å². The van der Waals surface area contributed by atoms with Crippen molar-refractivity contribution in [3.05, 3.63) is 95.7 Å². The zero-order valence-electron chi connectivity index (χ0n) is 20.3. The van der Waals surface area contributed by atoms with Crippen LogP contribution in [0.25, 0.3) is 22.0 Å². The summed E-state index contributed by atoms with van der Waals surface area (Å²) in [6.45, 7) is 2.17. The second-order valence-corrected chi connectivity index (χ2v) is 8.90. The van der Waals surface area contributed by atoms with Gasteiger partial charge in [-0.2, -0.15) is 13.2 Å². The van der Waals surface area contributed by atoms with Crippen LogP contribution in [0.2, 0.25) is 0 Å². The van der Waals surface area contributed by atoms with Gasteiger partial charge in [-0.25, -0.2) is 0 Å². The van der Waals surface area contributed by atoms with Crippen molar-refractivity contribution in [2.45, 2.75) is 38.4 Å². The molecule has 1 heterocycles. The average Bonchev–Trinajstić information content (AvgIpc) is 3.29. The number of carboxylic acids is 1. The van der Waals surface area contributed by atoms with Crippen LogP contribution in [-0.2, 0) is 11.0 Å². The molecule has 192 valence electrons. The lowest BCUT2D eigenvalue weighted by atomic mass is 9.99. The molecule has 1 amide bonds. The Kier molecular flexibility index (Phi) is 7.66. The maximum absolute atomic E-state index is 12.9. The maximum atomic E-state index is 12.9. The van der Waals surface area contributed by atoms with E-state index < -0.39 is 17.7 Å². The van der Waals surface area contributed by atoms with Crippen LogP contribution in [0.5, 0.6) is 0 Å². The van der Waals surface area contributed by atoms with Gasteiger partial charge in [0.05, 0.1) is 18.0 Å². The predicted octanol–water partition coefficient (Wildman–Crippen LogP) is 6.92. The predicted molar refractivity (Wildman–Crippen MR) is 136 cm³/mol. The molecule has 0 aliphatic carbocycles. The highest BCUT2D eigenvalue weighted by atomic mass is 19.4. The van der Waals surface area contributed by atoms with Crippen LogP contribution < -0.4 is 5.32 Å². The van der Waals surface area contributed by atoms with Gasteiger partial charge in [0.1, 0.15) is 0 Å². The number of aromatic nitrogens is 1. The number of carboxylic acid groups (broad SMARTS) is 1. The largest absolute Gasteiger partial charge is 0.481 e. The molecule has 1 aromatic heterocycles. The van der Waals surface area contributed by atoms with Crippen molar-refractivity contribution in [3.63, 3.8) is 0 Å². The van der Waals surface area contributed by atoms with Gasteiger partial charge in [0.15, 0.2) is 0 Å². The van der Waals surface area contributed by atoms with Gasteiger partial charge < -0.3 is 15.0 Å². The highest BCUT2D eigenvalue weighted by molar-refractivity contribution is 5.94. The summed E-state index contributed by atoms with van der Waals surface area (Å²) in [5, 5.41) is 12.3. The molecule has 0 aliphatic heterocycles. The van der Waals surface area contributed by atoms with E-state index in [1.165, 1.54) is 12.1 Å². The summed E-state index contributed by atoms with van der Waals surface area (Å²) in [5.74, 6) is -1.29. The Morgan fingerprint density at radius 2 is 1.62 bits per heavy atom. The second-order valence-electron chi connectivity index (χ2n) is 8.90. The van der Waals surface area contributed by atoms with Crippen molar-refractivity contribution in [1.82, 2.24) is 9.88 Å². The molecule has 0 saturated carbocycles. The molecule has 0 bridgehead atoms. The lowest BCUT2D eigenvalue weighted by Gasteiger charge is -2.21. The van der Waals surface area contributed by atoms with E-state index >= 15 is 0 Å². The molecule has 3 aromatic carbocycles. The summed E-state index contributed by atoms with van der Waals surface area (Å²) in [6, 6.07) is 20.4. The van der Waals surface area contributed by atoms with E-state index in [1.807, 2.05) is 42.6 Å². The molecule has 0 fully saturated rings. The number of fused-ring (bicyclic) bond motifs is 1. The summed E-state index contributed by atoms with van der Waals surface area (Å²) < 4.78 is 40.9. The number of halogens is 3. The van der Waals surface area contributed by atoms with E-state index in [0.29, 0.717) is 11.1 Å². The fourth-order valence-electron chi connectivity index (χ4n) is 4.45. The van der Waals surface area contributed by atoms with Gasteiger partial charge in [0.2, 0.25) is 0 Å². The van der Waals surface area contributed by atoms with Crippen LogP contribution in [0.15, 0.2) is 79.0 Å². The minimum absolute atomic E-state index is 0.0311. The van der Waals surface area contributed by atoms with E-state index in [9.17, 15) is 22.8 Å². The summed E-state index contributed by atoms with van der Waals surface area (Å²) in [7, 11) is 0. The van der Waals surface area contributed by atoms with Gasteiger partial charge in [0.25, 0.3) is 5.91 Å². The van der Waals surface area contributed by atoms with E-state index in [1.54, 1.807) is 12.1 Å². The maximum Gasteiger partial charge on any atom is 0.416 e. The topological polar surface area (TPSA) is 71.3 Å². The first-order chi connectivity index (χ1) is 17.7. The number of alkyl halides is 3. The monoisotopic (exact) mass is 508 g/mol. The van der Waals surface area contributed by atoms with E-state index in [-0.39, 0.29) is 24.9 Å². The molecule has 4 rings (SSSR count). The molecular weight excluding hydrogens is 481 g/mol. The first kappa shape index (κ1) is 26.0. The highest BCUT2D eigenvalue weighted by Crippen LogP contribution is 2.34. The van der Waals surface area contributed by atoms with Crippen molar-refractivity contribution in [2.75, 3.05) is 6.54 Å². The van der Waals surface area contributed by atoms with Crippen molar-refractivity contribution >= 4 is 22.8 Å². The zero-order chi connectivity index (χ0) is 26.6. The molecule has 4 aromatic rings. The molecule has 37 heavy (non-hydrogen) atoms. The Bertz CT molecular complexity index is 1390. The number of aliphatic carboxylic acids is 1. The van der Waals surface area contributed by atoms with Crippen LogP contribution in [0.1, 0.15) is 53.7 Å². The summed E-state index contributed by atoms with van der Waals surface area (Å²) >= 11 is 0. The number of carbonyl (C=O) groups excluding carboxylic acids is 1. The van der Waals surface area contributed by atoms with Crippen LogP contribution in [0.3, 0.4) is 0 Å². The number of nitrogens with zero attached hydrogens (tertiary/aromatic N) is 1. The number of rotatable bonds is 9. The van der Waals surface area contributed by atoms with Gasteiger partial charge in [-0.1, -0.05) is 43.7 Å². The van der Waals surface area contributed by atoms with Crippen molar-refractivity contribution in [3.8, 4) is 11.1 Å². The van der Waals surface area contributed by atoms with Gasteiger partial charge in [-0.05, 0) is 65.6 Å². The van der Waals surface area contributed by atoms with Gasteiger partial charge in [0, 0.05) is 29.2 Å². The minimum atomic E-state index is -4.36. The number of hydrogen-bond acceptors (Lipinski definition) is 2.